The highest BCUT2D eigenvalue weighted by molar-refractivity contribution is 6.30. The molecule has 3 nitrogen and oxygen atoms in total. The summed E-state index contributed by atoms with van der Waals surface area (Å²) < 4.78 is 1.75. The van der Waals surface area contributed by atoms with Crippen LogP contribution < -0.4 is 0 Å². The highest BCUT2D eigenvalue weighted by Crippen LogP contribution is 2.26. The van der Waals surface area contributed by atoms with Crippen LogP contribution in [0, 0.1) is 6.92 Å². The molecule has 2 aromatic rings. The van der Waals surface area contributed by atoms with Gasteiger partial charge >= 0.3 is 0 Å². The highest BCUT2D eigenvalue weighted by Gasteiger charge is 2.13. The summed E-state index contributed by atoms with van der Waals surface area (Å²) in [6.07, 6.45) is 2.04. The van der Waals surface area contributed by atoms with Gasteiger partial charge in [-0.2, -0.15) is 5.10 Å². The summed E-state index contributed by atoms with van der Waals surface area (Å²) in [4.78, 5) is 0. The molecule has 0 aliphatic carbocycles. The van der Waals surface area contributed by atoms with E-state index in [0.29, 0.717) is 11.4 Å². The van der Waals surface area contributed by atoms with Crippen molar-refractivity contribution in [2.75, 3.05) is 0 Å². The number of benzene rings is 1. The van der Waals surface area contributed by atoms with E-state index in [4.69, 9.17) is 11.6 Å². The van der Waals surface area contributed by atoms with Gasteiger partial charge in [0.15, 0.2) is 0 Å². The van der Waals surface area contributed by atoms with E-state index in [1.807, 2.05) is 38.2 Å². The van der Waals surface area contributed by atoms with Crippen molar-refractivity contribution in [3.05, 3.63) is 46.7 Å². The van der Waals surface area contributed by atoms with Crippen molar-refractivity contribution in [3.8, 4) is 5.69 Å². The van der Waals surface area contributed by atoms with Crippen molar-refractivity contribution in [2.45, 2.75) is 26.4 Å². The fourth-order valence-electron chi connectivity index (χ4n) is 1.77. The second-order valence-electron chi connectivity index (χ2n) is 4.03. The molecule has 0 aliphatic rings. The standard InChI is InChI=1S/C13H15ClN2O/c1-3-13(17)11-5-4-10(14)8-12(11)16-7-6-9(2)15-16/h4-8,13,17H,3H2,1-2H3. The molecule has 0 spiro atoms. The van der Waals surface area contributed by atoms with Gasteiger partial charge in [0.05, 0.1) is 17.5 Å². The molecule has 0 radical (unpaired) electrons. The molecule has 1 N–H and O–H groups in total. The number of rotatable bonds is 3. The van der Waals surface area contributed by atoms with Crippen LogP contribution in [0.4, 0.5) is 0 Å². The Kier molecular flexibility index (Phi) is 3.50. The maximum absolute atomic E-state index is 9.98. The topological polar surface area (TPSA) is 38.0 Å². The van der Waals surface area contributed by atoms with Crippen LogP contribution >= 0.6 is 11.6 Å². The third-order valence-electron chi connectivity index (χ3n) is 2.71. The predicted molar refractivity (Wildman–Crippen MR) is 68.6 cm³/mol. The van der Waals surface area contributed by atoms with Crippen LogP contribution in [0.2, 0.25) is 5.02 Å². The van der Waals surface area contributed by atoms with E-state index in [2.05, 4.69) is 5.10 Å². The molecule has 17 heavy (non-hydrogen) atoms. The first kappa shape index (κ1) is 12.1. The Labute approximate surface area is 106 Å². The van der Waals surface area contributed by atoms with Crippen molar-refractivity contribution in [1.82, 2.24) is 9.78 Å². The minimum absolute atomic E-state index is 0.494. The lowest BCUT2D eigenvalue weighted by atomic mass is 10.1. The van der Waals surface area contributed by atoms with E-state index in [1.54, 1.807) is 10.7 Å². The van der Waals surface area contributed by atoms with Gasteiger partial charge in [0, 0.05) is 16.8 Å². The quantitative estimate of drug-likeness (QED) is 0.908. The van der Waals surface area contributed by atoms with Gasteiger partial charge in [0.2, 0.25) is 0 Å². The SMILES string of the molecule is CCC(O)c1ccc(Cl)cc1-n1ccc(C)n1. The van der Waals surface area contributed by atoms with E-state index in [0.717, 1.165) is 16.9 Å². The lowest BCUT2D eigenvalue weighted by Gasteiger charge is -2.14. The molecule has 0 saturated carbocycles. The highest BCUT2D eigenvalue weighted by atomic mass is 35.5. The minimum Gasteiger partial charge on any atom is -0.388 e. The largest absolute Gasteiger partial charge is 0.388 e. The number of hydrogen-bond donors (Lipinski definition) is 1. The van der Waals surface area contributed by atoms with Crippen LogP contribution in [-0.4, -0.2) is 14.9 Å². The van der Waals surface area contributed by atoms with Crippen molar-refractivity contribution in [3.63, 3.8) is 0 Å². The first-order chi connectivity index (χ1) is 8.11. The van der Waals surface area contributed by atoms with Crippen LogP contribution in [0.3, 0.4) is 0 Å². The van der Waals surface area contributed by atoms with E-state index in [1.165, 1.54) is 0 Å². The molecular formula is C13H15ClN2O. The Morgan fingerprint density at radius 1 is 1.41 bits per heavy atom. The van der Waals surface area contributed by atoms with Crippen molar-refractivity contribution >= 4 is 11.6 Å². The van der Waals surface area contributed by atoms with Gasteiger partial charge in [0.25, 0.3) is 0 Å². The summed E-state index contributed by atoms with van der Waals surface area (Å²) in [6, 6.07) is 7.38. The number of aliphatic hydroxyl groups is 1. The van der Waals surface area contributed by atoms with Crippen LogP contribution in [0.25, 0.3) is 5.69 Å². The normalized spacial score (nSPS) is 12.7. The molecular weight excluding hydrogens is 236 g/mol. The summed E-state index contributed by atoms with van der Waals surface area (Å²) in [7, 11) is 0. The predicted octanol–water partition coefficient (Wildman–Crippen LogP) is 3.28. The number of aromatic nitrogens is 2. The summed E-state index contributed by atoms with van der Waals surface area (Å²) in [5, 5.41) is 15.0. The third-order valence-corrected chi connectivity index (χ3v) is 2.94. The molecule has 0 amide bonds. The first-order valence-electron chi connectivity index (χ1n) is 5.62. The maximum Gasteiger partial charge on any atom is 0.0808 e. The lowest BCUT2D eigenvalue weighted by molar-refractivity contribution is 0.173. The zero-order chi connectivity index (χ0) is 12.4. The molecule has 1 unspecified atom stereocenters. The Bertz CT molecular complexity index is 522. The molecule has 4 heteroatoms. The molecule has 0 bridgehead atoms. The number of halogens is 1. The van der Waals surface area contributed by atoms with Gasteiger partial charge in [-0.05, 0) is 31.5 Å². The minimum atomic E-state index is -0.494. The second kappa shape index (κ2) is 4.90. The summed E-state index contributed by atoms with van der Waals surface area (Å²) in [6.45, 7) is 3.87. The van der Waals surface area contributed by atoms with E-state index in [-0.39, 0.29) is 0 Å². The van der Waals surface area contributed by atoms with Gasteiger partial charge in [-0.25, -0.2) is 4.68 Å². The molecule has 1 atom stereocenters. The van der Waals surface area contributed by atoms with Crippen LogP contribution in [-0.2, 0) is 0 Å². The Balaban J connectivity index is 2.54. The molecule has 1 aromatic carbocycles. The average Bonchev–Trinajstić information content (AvgIpc) is 2.75. The van der Waals surface area contributed by atoms with Crippen LogP contribution in [0.5, 0.6) is 0 Å². The first-order valence-corrected chi connectivity index (χ1v) is 5.99. The Hall–Kier alpha value is -1.32. The summed E-state index contributed by atoms with van der Waals surface area (Å²) >= 11 is 6.00. The Morgan fingerprint density at radius 2 is 2.18 bits per heavy atom. The van der Waals surface area contributed by atoms with Gasteiger partial charge in [-0.3, -0.25) is 0 Å². The van der Waals surface area contributed by atoms with E-state index < -0.39 is 6.10 Å². The third kappa shape index (κ3) is 2.51. The van der Waals surface area contributed by atoms with E-state index >= 15 is 0 Å². The Morgan fingerprint density at radius 3 is 2.76 bits per heavy atom. The van der Waals surface area contributed by atoms with Crippen molar-refractivity contribution < 1.29 is 5.11 Å². The molecule has 0 fully saturated rings. The fraction of sp³-hybridized carbons (Fsp3) is 0.308. The number of aliphatic hydroxyl groups excluding tert-OH is 1. The van der Waals surface area contributed by atoms with Gasteiger partial charge in [0.1, 0.15) is 0 Å². The number of hydrogen-bond acceptors (Lipinski definition) is 2. The maximum atomic E-state index is 9.98. The second-order valence-corrected chi connectivity index (χ2v) is 4.47. The molecule has 90 valence electrons. The van der Waals surface area contributed by atoms with Gasteiger partial charge in [-0.15, -0.1) is 0 Å². The van der Waals surface area contributed by atoms with E-state index in [9.17, 15) is 5.11 Å². The number of aryl methyl sites for hydroxylation is 1. The van der Waals surface area contributed by atoms with Crippen molar-refractivity contribution in [1.29, 1.82) is 0 Å². The van der Waals surface area contributed by atoms with Gasteiger partial charge in [-0.1, -0.05) is 24.6 Å². The molecule has 2 rings (SSSR count). The van der Waals surface area contributed by atoms with Crippen LogP contribution in [0.15, 0.2) is 30.5 Å². The fourth-order valence-corrected chi connectivity index (χ4v) is 1.93. The monoisotopic (exact) mass is 250 g/mol. The smallest absolute Gasteiger partial charge is 0.0808 e. The average molecular weight is 251 g/mol. The zero-order valence-corrected chi connectivity index (χ0v) is 10.6. The lowest BCUT2D eigenvalue weighted by Crippen LogP contribution is -2.05. The van der Waals surface area contributed by atoms with Crippen LogP contribution in [0.1, 0.15) is 30.7 Å². The molecule has 0 aliphatic heterocycles. The van der Waals surface area contributed by atoms with Gasteiger partial charge < -0.3 is 5.11 Å². The molecule has 0 saturated heterocycles. The van der Waals surface area contributed by atoms with Crippen molar-refractivity contribution in [2.24, 2.45) is 0 Å². The summed E-state index contributed by atoms with van der Waals surface area (Å²) in [5.41, 5.74) is 2.61. The number of nitrogens with zero attached hydrogens (tertiary/aromatic N) is 2. The zero-order valence-electron chi connectivity index (χ0n) is 9.89. The summed E-state index contributed by atoms with van der Waals surface area (Å²) in [5.74, 6) is 0. The molecule has 1 heterocycles. The molecule has 1 aromatic heterocycles.